The molecule has 110 valence electrons. The number of carbonyl (C=O) groups excluding carboxylic acids is 1. The largest absolute Gasteiger partial charge is 0.394 e. The highest BCUT2D eigenvalue weighted by Crippen LogP contribution is 2.16. The van der Waals surface area contributed by atoms with Gasteiger partial charge in [-0.15, -0.1) is 0 Å². The Hall–Kier alpha value is -1.20. The molecule has 2 atom stereocenters. The van der Waals surface area contributed by atoms with Gasteiger partial charge < -0.3 is 15.7 Å². The number of thioether (sulfide) groups is 1. The summed E-state index contributed by atoms with van der Waals surface area (Å²) in [5.74, 6) is 2.17. The van der Waals surface area contributed by atoms with E-state index in [-0.39, 0.29) is 24.7 Å². The fourth-order valence-corrected chi connectivity index (χ4v) is 3.40. The molecule has 1 aliphatic rings. The first-order valence-electron chi connectivity index (χ1n) is 7.07. The summed E-state index contributed by atoms with van der Waals surface area (Å²) in [7, 11) is 0. The first-order valence-corrected chi connectivity index (χ1v) is 8.23. The standard InChI is InChI=1S/C15H22N2O2S/c18-10-14(9-12-5-2-1-3-6-12)17-15(19)16-13-7-4-8-20-11-13/h1-3,5-6,13-14,18H,4,7-11H2,(H2,16,17,19)/t13?,14-/m0/s1. The molecule has 1 unspecified atom stereocenters. The van der Waals surface area contributed by atoms with Gasteiger partial charge in [-0.1, -0.05) is 30.3 Å². The zero-order valence-electron chi connectivity index (χ0n) is 11.5. The van der Waals surface area contributed by atoms with Crippen LogP contribution in [0, 0.1) is 0 Å². The molecule has 0 saturated carbocycles. The van der Waals surface area contributed by atoms with E-state index in [9.17, 15) is 9.90 Å². The second-order valence-electron chi connectivity index (χ2n) is 5.10. The van der Waals surface area contributed by atoms with Crippen molar-refractivity contribution in [2.24, 2.45) is 0 Å². The lowest BCUT2D eigenvalue weighted by molar-refractivity contribution is 0.213. The van der Waals surface area contributed by atoms with Crippen LogP contribution in [-0.4, -0.2) is 41.3 Å². The molecule has 1 saturated heterocycles. The Morgan fingerprint density at radius 1 is 1.40 bits per heavy atom. The van der Waals surface area contributed by atoms with Gasteiger partial charge in [0.2, 0.25) is 0 Å². The number of hydrogen-bond donors (Lipinski definition) is 3. The number of benzene rings is 1. The van der Waals surface area contributed by atoms with Crippen molar-refractivity contribution in [2.75, 3.05) is 18.1 Å². The van der Waals surface area contributed by atoms with Crippen LogP contribution in [0.25, 0.3) is 0 Å². The first kappa shape index (κ1) is 15.2. The maximum atomic E-state index is 11.9. The van der Waals surface area contributed by atoms with E-state index in [0.717, 1.165) is 24.2 Å². The van der Waals surface area contributed by atoms with Crippen LogP contribution < -0.4 is 10.6 Å². The highest BCUT2D eigenvalue weighted by Gasteiger charge is 2.18. The Morgan fingerprint density at radius 3 is 2.85 bits per heavy atom. The first-order chi connectivity index (χ1) is 9.78. The summed E-state index contributed by atoms with van der Waals surface area (Å²) in [6, 6.07) is 9.72. The number of rotatable bonds is 5. The maximum Gasteiger partial charge on any atom is 0.315 e. The molecule has 0 aliphatic carbocycles. The molecule has 2 amide bonds. The molecule has 0 aromatic heterocycles. The molecule has 0 spiro atoms. The number of urea groups is 1. The third kappa shape index (κ3) is 5.06. The van der Waals surface area contributed by atoms with Crippen LogP contribution in [0.1, 0.15) is 18.4 Å². The lowest BCUT2D eigenvalue weighted by atomic mass is 10.1. The van der Waals surface area contributed by atoms with Crippen LogP contribution >= 0.6 is 11.8 Å². The van der Waals surface area contributed by atoms with Gasteiger partial charge in [0.15, 0.2) is 0 Å². The molecule has 1 heterocycles. The molecule has 1 aromatic carbocycles. The number of aliphatic hydroxyl groups is 1. The Kier molecular flexibility index (Phi) is 6.21. The topological polar surface area (TPSA) is 61.4 Å². The van der Waals surface area contributed by atoms with Gasteiger partial charge in [-0.3, -0.25) is 0 Å². The number of aliphatic hydroxyl groups excluding tert-OH is 1. The van der Waals surface area contributed by atoms with Crippen molar-refractivity contribution in [2.45, 2.75) is 31.3 Å². The lowest BCUT2D eigenvalue weighted by Crippen LogP contribution is -2.49. The van der Waals surface area contributed by atoms with Gasteiger partial charge in [0.25, 0.3) is 0 Å². The van der Waals surface area contributed by atoms with E-state index in [1.165, 1.54) is 5.75 Å². The molecule has 0 bridgehead atoms. The fourth-order valence-electron chi connectivity index (χ4n) is 2.33. The van der Waals surface area contributed by atoms with E-state index < -0.39 is 0 Å². The summed E-state index contributed by atoms with van der Waals surface area (Å²) in [6.07, 6.45) is 2.84. The van der Waals surface area contributed by atoms with Gasteiger partial charge in [-0.05, 0) is 30.6 Å². The summed E-state index contributed by atoms with van der Waals surface area (Å²) in [6.45, 7) is -0.0538. The van der Waals surface area contributed by atoms with E-state index >= 15 is 0 Å². The van der Waals surface area contributed by atoms with Gasteiger partial charge in [0.1, 0.15) is 0 Å². The smallest absolute Gasteiger partial charge is 0.315 e. The van der Waals surface area contributed by atoms with Gasteiger partial charge in [0.05, 0.1) is 12.6 Å². The summed E-state index contributed by atoms with van der Waals surface area (Å²) >= 11 is 1.88. The number of carbonyl (C=O) groups is 1. The molecule has 1 fully saturated rings. The Morgan fingerprint density at radius 2 is 2.20 bits per heavy atom. The number of nitrogens with one attached hydrogen (secondary N) is 2. The van der Waals surface area contributed by atoms with Crippen LogP contribution in [0.4, 0.5) is 4.79 Å². The van der Waals surface area contributed by atoms with Crippen LogP contribution in [0.3, 0.4) is 0 Å². The molecule has 1 aliphatic heterocycles. The SMILES string of the molecule is O=C(NC1CCCSC1)N[C@H](CO)Cc1ccccc1. The van der Waals surface area contributed by atoms with Gasteiger partial charge in [0, 0.05) is 11.8 Å². The molecule has 0 radical (unpaired) electrons. The Labute approximate surface area is 124 Å². The van der Waals surface area contributed by atoms with Crippen molar-refractivity contribution in [1.29, 1.82) is 0 Å². The quantitative estimate of drug-likeness (QED) is 0.776. The molecule has 2 rings (SSSR count). The maximum absolute atomic E-state index is 11.9. The monoisotopic (exact) mass is 294 g/mol. The second kappa shape index (κ2) is 8.17. The van der Waals surface area contributed by atoms with Gasteiger partial charge in [-0.25, -0.2) is 4.79 Å². The summed E-state index contributed by atoms with van der Waals surface area (Å²) in [4.78, 5) is 11.9. The second-order valence-corrected chi connectivity index (χ2v) is 6.25. The van der Waals surface area contributed by atoms with Crippen molar-refractivity contribution >= 4 is 17.8 Å². The predicted octanol–water partition coefficient (Wildman–Crippen LogP) is 1.78. The highest BCUT2D eigenvalue weighted by atomic mass is 32.2. The predicted molar refractivity (Wildman–Crippen MR) is 83.0 cm³/mol. The van der Waals surface area contributed by atoms with Crippen LogP contribution in [0.15, 0.2) is 30.3 Å². The Bertz CT molecular complexity index is 408. The summed E-state index contributed by atoms with van der Waals surface area (Å²) in [5.41, 5.74) is 1.11. The molecular weight excluding hydrogens is 272 g/mol. The third-order valence-electron chi connectivity index (χ3n) is 3.38. The average molecular weight is 294 g/mol. The molecule has 3 N–H and O–H groups in total. The molecule has 1 aromatic rings. The number of hydrogen-bond acceptors (Lipinski definition) is 3. The van der Waals surface area contributed by atoms with E-state index in [1.807, 2.05) is 42.1 Å². The van der Waals surface area contributed by atoms with Gasteiger partial charge >= 0.3 is 6.03 Å². The van der Waals surface area contributed by atoms with Crippen molar-refractivity contribution in [3.8, 4) is 0 Å². The summed E-state index contributed by atoms with van der Waals surface area (Å²) in [5, 5.41) is 15.2. The van der Waals surface area contributed by atoms with Crippen LogP contribution in [0.5, 0.6) is 0 Å². The van der Waals surface area contributed by atoms with Crippen molar-refractivity contribution < 1.29 is 9.90 Å². The zero-order valence-corrected chi connectivity index (χ0v) is 12.4. The minimum absolute atomic E-state index is 0.0538. The lowest BCUT2D eigenvalue weighted by Gasteiger charge is -2.24. The Balaban J connectivity index is 1.78. The fraction of sp³-hybridized carbons (Fsp3) is 0.533. The van der Waals surface area contributed by atoms with Gasteiger partial charge in [-0.2, -0.15) is 11.8 Å². The van der Waals surface area contributed by atoms with Crippen molar-refractivity contribution in [3.63, 3.8) is 0 Å². The van der Waals surface area contributed by atoms with Crippen LogP contribution in [-0.2, 0) is 6.42 Å². The van der Waals surface area contributed by atoms with E-state index in [4.69, 9.17) is 0 Å². The normalized spacial score (nSPS) is 20.1. The minimum Gasteiger partial charge on any atom is -0.394 e. The van der Waals surface area contributed by atoms with Crippen molar-refractivity contribution in [1.82, 2.24) is 10.6 Å². The average Bonchev–Trinajstić information content (AvgIpc) is 2.48. The minimum atomic E-state index is -0.242. The molecule has 5 heteroatoms. The molecule has 20 heavy (non-hydrogen) atoms. The van der Waals surface area contributed by atoms with E-state index in [2.05, 4.69) is 10.6 Å². The molecular formula is C15H22N2O2S. The summed E-state index contributed by atoms with van der Waals surface area (Å²) < 4.78 is 0. The van der Waals surface area contributed by atoms with E-state index in [1.54, 1.807) is 0 Å². The highest BCUT2D eigenvalue weighted by molar-refractivity contribution is 7.99. The zero-order chi connectivity index (χ0) is 14.2. The third-order valence-corrected chi connectivity index (χ3v) is 4.59. The van der Waals surface area contributed by atoms with Crippen LogP contribution in [0.2, 0.25) is 0 Å². The van der Waals surface area contributed by atoms with E-state index in [0.29, 0.717) is 6.42 Å². The number of amides is 2. The van der Waals surface area contributed by atoms with Crippen molar-refractivity contribution in [3.05, 3.63) is 35.9 Å². The molecule has 4 nitrogen and oxygen atoms in total.